The first kappa shape index (κ1) is 11.0. The van der Waals surface area contributed by atoms with Crippen molar-refractivity contribution in [1.82, 2.24) is 9.55 Å². The molecule has 0 aliphatic heterocycles. The van der Waals surface area contributed by atoms with Gasteiger partial charge in [-0.25, -0.2) is 4.98 Å². The average molecular weight is 219 g/mol. The molecule has 1 aromatic heterocycles. The summed E-state index contributed by atoms with van der Waals surface area (Å²) < 4.78 is 7.31. The Bertz CT molecular complexity index is 490. The Balaban J connectivity index is 2.50. The van der Waals surface area contributed by atoms with Gasteiger partial charge < -0.3 is 15.0 Å². The number of aromatic nitrogens is 2. The summed E-state index contributed by atoms with van der Waals surface area (Å²) >= 11 is 0. The van der Waals surface area contributed by atoms with Gasteiger partial charge in [-0.3, -0.25) is 0 Å². The number of nitrogen functional groups attached to an aromatic ring is 1. The summed E-state index contributed by atoms with van der Waals surface area (Å²) in [5.74, 6) is 1.08. The van der Waals surface area contributed by atoms with Crippen molar-refractivity contribution in [3.8, 4) is 0 Å². The summed E-state index contributed by atoms with van der Waals surface area (Å²) in [6, 6.07) is 5.84. The van der Waals surface area contributed by atoms with E-state index in [1.165, 1.54) is 0 Å². The number of aryl methyl sites for hydroxylation is 1. The molecule has 0 spiro atoms. The normalized spacial score (nSPS) is 11.1. The molecular weight excluding hydrogens is 202 g/mol. The second-order valence-electron chi connectivity index (χ2n) is 3.77. The van der Waals surface area contributed by atoms with E-state index in [0.29, 0.717) is 6.61 Å². The van der Waals surface area contributed by atoms with Crippen LogP contribution in [0.4, 0.5) is 5.69 Å². The molecule has 2 N–H and O–H groups in total. The fraction of sp³-hybridized carbons (Fsp3) is 0.417. The second kappa shape index (κ2) is 4.53. The number of methoxy groups -OCH3 is 1. The Morgan fingerprint density at radius 3 is 2.94 bits per heavy atom. The minimum absolute atomic E-state index is 0.697. The highest BCUT2D eigenvalue weighted by atomic mass is 16.5. The van der Waals surface area contributed by atoms with Crippen LogP contribution in [-0.2, 0) is 17.7 Å². The quantitative estimate of drug-likeness (QED) is 0.798. The predicted molar refractivity (Wildman–Crippen MR) is 65.4 cm³/mol. The maximum atomic E-state index is 5.75. The Labute approximate surface area is 95.0 Å². The van der Waals surface area contributed by atoms with Gasteiger partial charge >= 0.3 is 0 Å². The zero-order valence-corrected chi connectivity index (χ0v) is 9.73. The molecule has 0 amide bonds. The first-order valence-electron chi connectivity index (χ1n) is 5.49. The first-order chi connectivity index (χ1) is 7.76. The van der Waals surface area contributed by atoms with E-state index in [2.05, 4.69) is 16.5 Å². The van der Waals surface area contributed by atoms with Gasteiger partial charge in [0.05, 0.1) is 17.6 Å². The monoisotopic (exact) mass is 219 g/mol. The zero-order valence-electron chi connectivity index (χ0n) is 9.73. The van der Waals surface area contributed by atoms with Crippen LogP contribution in [0, 0.1) is 0 Å². The number of imidazole rings is 1. The highest BCUT2D eigenvalue weighted by Crippen LogP contribution is 2.19. The lowest BCUT2D eigenvalue weighted by molar-refractivity contribution is 0.187. The summed E-state index contributed by atoms with van der Waals surface area (Å²) in [6.07, 6.45) is 0.915. The van der Waals surface area contributed by atoms with Crippen LogP contribution in [0.1, 0.15) is 12.7 Å². The number of ether oxygens (including phenoxy) is 1. The van der Waals surface area contributed by atoms with Crippen molar-refractivity contribution >= 4 is 16.7 Å². The number of nitrogens with zero attached hydrogens (tertiary/aromatic N) is 2. The second-order valence-corrected chi connectivity index (χ2v) is 3.77. The van der Waals surface area contributed by atoms with E-state index in [0.717, 1.165) is 35.5 Å². The van der Waals surface area contributed by atoms with Gasteiger partial charge in [0.2, 0.25) is 0 Å². The van der Waals surface area contributed by atoms with E-state index in [-0.39, 0.29) is 0 Å². The maximum absolute atomic E-state index is 5.75. The molecule has 0 radical (unpaired) electrons. The molecule has 1 heterocycles. The minimum Gasteiger partial charge on any atom is -0.399 e. The van der Waals surface area contributed by atoms with Crippen LogP contribution in [0.25, 0.3) is 11.0 Å². The molecule has 0 aliphatic carbocycles. The van der Waals surface area contributed by atoms with Crippen molar-refractivity contribution in [2.75, 3.05) is 19.5 Å². The molecule has 0 bridgehead atoms. The summed E-state index contributed by atoms with van der Waals surface area (Å²) in [6.45, 7) is 3.64. The van der Waals surface area contributed by atoms with Gasteiger partial charge in [0.1, 0.15) is 5.82 Å². The van der Waals surface area contributed by atoms with Crippen LogP contribution in [0.5, 0.6) is 0 Å². The van der Waals surface area contributed by atoms with E-state index in [4.69, 9.17) is 10.5 Å². The van der Waals surface area contributed by atoms with Gasteiger partial charge in [-0.15, -0.1) is 0 Å². The maximum Gasteiger partial charge on any atom is 0.109 e. The number of benzene rings is 1. The van der Waals surface area contributed by atoms with Crippen molar-refractivity contribution in [2.45, 2.75) is 19.9 Å². The summed E-state index contributed by atoms with van der Waals surface area (Å²) in [5.41, 5.74) is 8.60. The number of anilines is 1. The molecule has 0 saturated heterocycles. The van der Waals surface area contributed by atoms with Gasteiger partial charge in [-0.05, 0) is 18.2 Å². The van der Waals surface area contributed by atoms with Crippen molar-refractivity contribution in [2.24, 2.45) is 0 Å². The molecule has 0 atom stereocenters. The SMILES string of the molecule is CCc1nc2cc(N)ccc2n1CCOC. The third-order valence-corrected chi connectivity index (χ3v) is 2.69. The van der Waals surface area contributed by atoms with E-state index < -0.39 is 0 Å². The predicted octanol–water partition coefficient (Wildman–Crippen LogP) is 1.83. The minimum atomic E-state index is 0.697. The Morgan fingerprint density at radius 2 is 2.25 bits per heavy atom. The van der Waals surface area contributed by atoms with Crippen molar-refractivity contribution < 1.29 is 4.74 Å². The van der Waals surface area contributed by atoms with Crippen molar-refractivity contribution in [3.05, 3.63) is 24.0 Å². The van der Waals surface area contributed by atoms with Gasteiger partial charge in [0, 0.05) is 25.8 Å². The summed E-state index contributed by atoms with van der Waals surface area (Å²) in [4.78, 5) is 4.57. The van der Waals surface area contributed by atoms with Crippen molar-refractivity contribution in [3.63, 3.8) is 0 Å². The molecule has 1 aromatic carbocycles. The lowest BCUT2D eigenvalue weighted by Crippen LogP contribution is -2.07. The van der Waals surface area contributed by atoms with Crippen LogP contribution in [-0.4, -0.2) is 23.3 Å². The van der Waals surface area contributed by atoms with Gasteiger partial charge in [-0.1, -0.05) is 6.92 Å². The van der Waals surface area contributed by atoms with Crippen LogP contribution in [0.15, 0.2) is 18.2 Å². The highest BCUT2D eigenvalue weighted by Gasteiger charge is 2.08. The summed E-state index contributed by atoms with van der Waals surface area (Å²) in [5, 5.41) is 0. The lowest BCUT2D eigenvalue weighted by atomic mass is 10.3. The molecule has 4 nitrogen and oxygen atoms in total. The van der Waals surface area contributed by atoms with Gasteiger partial charge in [0.15, 0.2) is 0 Å². The standard InChI is InChI=1S/C12H17N3O/c1-3-12-14-10-8-9(13)4-5-11(10)15(12)6-7-16-2/h4-5,8H,3,6-7,13H2,1-2H3. The van der Waals surface area contributed by atoms with Gasteiger partial charge in [0.25, 0.3) is 0 Å². The van der Waals surface area contributed by atoms with Crippen LogP contribution >= 0.6 is 0 Å². The third-order valence-electron chi connectivity index (χ3n) is 2.69. The van der Waals surface area contributed by atoms with E-state index in [1.54, 1.807) is 7.11 Å². The first-order valence-corrected chi connectivity index (χ1v) is 5.49. The largest absolute Gasteiger partial charge is 0.399 e. The lowest BCUT2D eigenvalue weighted by Gasteiger charge is -2.06. The molecular formula is C12H17N3O. The van der Waals surface area contributed by atoms with Gasteiger partial charge in [-0.2, -0.15) is 0 Å². The smallest absolute Gasteiger partial charge is 0.109 e. The zero-order chi connectivity index (χ0) is 11.5. The van der Waals surface area contributed by atoms with Crippen LogP contribution < -0.4 is 5.73 Å². The number of hydrogen-bond acceptors (Lipinski definition) is 3. The van der Waals surface area contributed by atoms with E-state index >= 15 is 0 Å². The van der Waals surface area contributed by atoms with E-state index in [9.17, 15) is 0 Å². The average Bonchev–Trinajstić information content (AvgIpc) is 2.63. The molecule has 4 heteroatoms. The number of fused-ring (bicyclic) bond motifs is 1. The molecule has 0 aliphatic rings. The molecule has 16 heavy (non-hydrogen) atoms. The number of nitrogens with two attached hydrogens (primary N) is 1. The van der Waals surface area contributed by atoms with Crippen molar-refractivity contribution in [1.29, 1.82) is 0 Å². The number of rotatable bonds is 4. The Morgan fingerprint density at radius 1 is 1.44 bits per heavy atom. The topological polar surface area (TPSA) is 53.1 Å². The fourth-order valence-corrected chi connectivity index (χ4v) is 1.90. The third kappa shape index (κ3) is 1.88. The molecule has 2 aromatic rings. The Hall–Kier alpha value is -1.55. The highest BCUT2D eigenvalue weighted by molar-refractivity contribution is 5.79. The molecule has 2 rings (SSSR count). The van der Waals surface area contributed by atoms with Crippen LogP contribution in [0.3, 0.4) is 0 Å². The molecule has 0 fully saturated rings. The molecule has 86 valence electrons. The van der Waals surface area contributed by atoms with Crippen LogP contribution in [0.2, 0.25) is 0 Å². The molecule has 0 unspecified atom stereocenters. The number of hydrogen-bond donors (Lipinski definition) is 1. The fourth-order valence-electron chi connectivity index (χ4n) is 1.90. The molecule has 0 saturated carbocycles. The Kier molecular flexibility index (Phi) is 3.10. The van der Waals surface area contributed by atoms with E-state index in [1.807, 2.05) is 18.2 Å². The summed E-state index contributed by atoms with van der Waals surface area (Å²) in [7, 11) is 1.71.